The molecule has 1 unspecified atom stereocenters. The maximum atomic E-state index is 11.2. The van der Waals surface area contributed by atoms with E-state index in [2.05, 4.69) is 15.9 Å². The Morgan fingerprint density at radius 2 is 2.14 bits per heavy atom. The minimum absolute atomic E-state index is 0.112. The van der Waals surface area contributed by atoms with Crippen LogP contribution in [0.25, 0.3) is 0 Å². The monoisotopic (exact) mass is 370 g/mol. The Labute approximate surface area is 137 Å². The quantitative estimate of drug-likeness (QED) is 0.834. The second-order valence-corrected chi connectivity index (χ2v) is 8.15. The van der Waals surface area contributed by atoms with E-state index in [1.165, 1.54) is 25.7 Å². The van der Waals surface area contributed by atoms with Gasteiger partial charge in [-0.2, -0.15) is 0 Å². The van der Waals surface area contributed by atoms with Crippen LogP contribution in [0.3, 0.4) is 0 Å². The van der Waals surface area contributed by atoms with Crippen molar-refractivity contribution < 1.29 is 14.6 Å². The molecule has 1 heterocycles. The lowest BCUT2D eigenvalue weighted by Gasteiger charge is -2.38. The molecular formula is C16H19BrO3S. The van der Waals surface area contributed by atoms with E-state index in [-0.39, 0.29) is 5.60 Å². The van der Waals surface area contributed by atoms with E-state index >= 15 is 0 Å². The second-order valence-electron chi connectivity index (χ2n) is 5.92. The van der Waals surface area contributed by atoms with Crippen LogP contribution in [0, 0.1) is 0 Å². The molecule has 0 amide bonds. The Hall–Kier alpha value is -0.520. The van der Waals surface area contributed by atoms with Crippen molar-refractivity contribution in [3.8, 4) is 0 Å². The van der Waals surface area contributed by atoms with Crippen LogP contribution >= 0.6 is 27.7 Å². The van der Waals surface area contributed by atoms with E-state index in [4.69, 9.17) is 4.74 Å². The molecule has 114 valence electrons. The van der Waals surface area contributed by atoms with Gasteiger partial charge in [-0.1, -0.05) is 12.8 Å². The number of carboxylic acids is 1. The lowest BCUT2D eigenvalue weighted by atomic mass is 9.92. The summed E-state index contributed by atoms with van der Waals surface area (Å²) in [5, 5.41) is 9.73. The lowest BCUT2D eigenvalue weighted by molar-refractivity contribution is -0.0704. The van der Waals surface area contributed by atoms with Gasteiger partial charge in [-0.15, -0.1) is 11.8 Å². The molecule has 1 atom stereocenters. The molecule has 0 bridgehead atoms. The molecule has 1 aromatic carbocycles. The summed E-state index contributed by atoms with van der Waals surface area (Å²) in [6.07, 6.45) is 7.06. The number of rotatable bonds is 3. The summed E-state index contributed by atoms with van der Waals surface area (Å²) in [6, 6.07) is 5.60. The lowest BCUT2D eigenvalue weighted by Crippen LogP contribution is -2.38. The minimum atomic E-state index is -0.886. The molecule has 5 heteroatoms. The first kappa shape index (κ1) is 15.4. The van der Waals surface area contributed by atoms with Gasteiger partial charge in [0.15, 0.2) is 0 Å². The van der Waals surface area contributed by atoms with Crippen LogP contribution in [0.1, 0.15) is 48.9 Å². The van der Waals surface area contributed by atoms with Crippen molar-refractivity contribution in [2.24, 2.45) is 0 Å². The van der Waals surface area contributed by atoms with Gasteiger partial charge in [-0.25, -0.2) is 4.79 Å². The van der Waals surface area contributed by atoms with Gasteiger partial charge in [-0.3, -0.25) is 0 Å². The third-order valence-corrected chi connectivity index (χ3v) is 6.39. The normalized spacial score (nSPS) is 24.3. The number of carboxylic acid groups (broad SMARTS) is 1. The summed E-state index contributed by atoms with van der Waals surface area (Å²) in [5.41, 5.74) is 0.448. The van der Waals surface area contributed by atoms with Gasteiger partial charge in [0.1, 0.15) is 0 Å². The molecule has 1 N–H and O–H groups in total. The maximum Gasteiger partial charge on any atom is 0.336 e. The highest BCUT2D eigenvalue weighted by atomic mass is 79.9. The molecule has 1 spiro atoms. The minimum Gasteiger partial charge on any atom is -0.478 e. The number of halogens is 1. The van der Waals surface area contributed by atoms with Crippen molar-refractivity contribution in [3.63, 3.8) is 0 Å². The third-order valence-electron chi connectivity index (χ3n) is 4.43. The van der Waals surface area contributed by atoms with Gasteiger partial charge in [0.05, 0.1) is 11.2 Å². The Bertz CT molecular complexity index is 540. The number of hydrogen-bond acceptors (Lipinski definition) is 3. The first-order chi connectivity index (χ1) is 10.1. The summed E-state index contributed by atoms with van der Waals surface area (Å²) in [4.78, 5) is 12.2. The zero-order valence-electron chi connectivity index (χ0n) is 11.8. The molecule has 1 saturated carbocycles. The topological polar surface area (TPSA) is 46.5 Å². The summed E-state index contributed by atoms with van der Waals surface area (Å²) < 4.78 is 6.70. The first-order valence-corrected chi connectivity index (χ1v) is 9.09. The Balaban J connectivity index is 1.71. The highest BCUT2D eigenvalue weighted by molar-refractivity contribution is 9.10. The fraction of sp³-hybridized carbons (Fsp3) is 0.562. The predicted molar refractivity (Wildman–Crippen MR) is 87.1 cm³/mol. The Morgan fingerprint density at radius 3 is 2.86 bits per heavy atom. The molecule has 1 aromatic rings. The van der Waals surface area contributed by atoms with Crippen molar-refractivity contribution >= 4 is 33.7 Å². The highest BCUT2D eigenvalue weighted by Crippen LogP contribution is 2.44. The van der Waals surface area contributed by atoms with Crippen molar-refractivity contribution in [2.75, 3.05) is 6.61 Å². The van der Waals surface area contributed by atoms with Gasteiger partial charge in [-0.05, 0) is 59.8 Å². The molecule has 21 heavy (non-hydrogen) atoms. The van der Waals surface area contributed by atoms with E-state index in [0.717, 1.165) is 24.3 Å². The fourth-order valence-electron chi connectivity index (χ4n) is 3.39. The first-order valence-electron chi connectivity index (χ1n) is 7.41. The van der Waals surface area contributed by atoms with E-state index < -0.39 is 5.97 Å². The fourth-order valence-corrected chi connectivity index (χ4v) is 5.12. The van der Waals surface area contributed by atoms with Crippen LogP contribution < -0.4 is 0 Å². The van der Waals surface area contributed by atoms with Gasteiger partial charge < -0.3 is 9.84 Å². The average molecular weight is 371 g/mol. The number of hydrogen-bond donors (Lipinski definition) is 1. The van der Waals surface area contributed by atoms with Crippen LogP contribution in [0.15, 0.2) is 27.6 Å². The molecule has 1 aliphatic carbocycles. The molecule has 0 aromatic heterocycles. The summed E-state index contributed by atoms with van der Waals surface area (Å²) in [6.45, 7) is 0.833. The van der Waals surface area contributed by atoms with Crippen LogP contribution in [0.2, 0.25) is 0 Å². The van der Waals surface area contributed by atoms with E-state index in [9.17, 15) is 9.90 Å². The number of carbonyl (C=O) groups is 1. The van der Waals surface area contributed by atoms with Gasteiger partial charge >= 0.3 is 5.97 Å². The molecule has 2 aliphatic rings. The largest absolute Gasteiger partial charge is 0.478 e. The summed E-state index contributed by atoms with van der Waals surface area (Å²) >= 11 is 5.10. The SMILES string of the molecule is O=C(O)c1cc(SC2CCOC3(CCCC3)C2)ccc1Br. The molecule has 0 radical (unpaired) electrons. The Kier molecular flexibility index (Phi) is 4.62. The highest BCUT2D eigenvalue weighted by Gasteiger charge is 2.40. The summed E-state index contributed by atoms with van der Waals surface area (Å²) in [7, 11) is 0. The van der Waals surface area contributed by atoms with E-state index in [1.807, 2.05) is 12.1 Å². The van der Waals surface area contributed by atoms with Crippen molar-refractivity contribution in [3.05, 3.63) is 28.2 Å². The van der Waals surface area contributed by atoms with Crippen molar-refractivity contribution in [1.82, 2.24) is 0 Å². The zero-order valence-corrected chi connectivity index (χ0v) is 14.2. The smallest absolute Gasteiger partial charge is 0.336 e. The van der Waals surface area contributed by atoms with Crippen LogP contribution in [-0.2, 0) is 4.74 Å². The maximum absolute atomic E-state index is 11.2. The molecule has 3 rings (SSSR count). The zero-order chi connectivity index (χ0) is 14.9. The van der Waals surface area contributed by atoms with Crippen molar-refractivity contribution in [1.29, 1.82) is 0 Å². The van der Waals surface area contributed by atoms with E-state index in [1.54, 1.807) is 17.8 Å². The average Bonchev–Trinajstić information content (AvgIpc) is 2.88. The van der Waals surface area contributed by atoms with E-state index in [0.29, 0.717) is 15.3 Å². The number of thioether (sulfide) groups is 1. The van der Waals surface area contributed by atoms with Gasteiger partial charge in [0, 0.05) is 21.2 Å². The van der Waals surface area contributed by atoms with Gasteiger partial charge in [0.2, 0.25) is 0 Å². The summed E-state index contributed by atoms with van der Waals surface area (Å²) in [5.74, 6) is -0.886. The van der Waals surface area contributed by atoms with Crippen molar-refractivity contribution in [2.45, 2.75) is 54.3 Å². The van der Waals surface area contributed by atoms with Crippen LogP contribution in [0.4, 0.5) is 0 Å². The molecule has 1 aliphatic heterocycles. The molecule has 3 nitrogen and oxygen atoms in total. The standard InChI is InChI=1S/C16H19BrO3S/c17-14-4-3-11(9-13(14)15(18)19)21-12-5-8-20-16(10-12)6-1-2-7-16/h3-4,9,12H,1-2,5-8,10H2,(H,18,19). The predicted octanol–water partition coefficient (Wildman–Crippen LogP) is 4.73. The number of aromatic carboxylic acids is 1. The Morgan fingerprint density at radius 1 is 1.38 bits per heavy atom. The third kappa shape index (κ3) is 3.46. The van der Waals surface area contributed by atoms with Gasteiger partial charge in [0.25, 0.3) is 0 Å². The molecule has 1 saturated heterocycles. The number of benzene rings is 1. The molecule has 2 fully saturated rings. The van der Waals surface area contributed by atoms with Crippen LogP contribution in [0.5, 0.6) is 0 Å². The van der Waals surface area contributed by atoms with Crippen LogP contribution in [-0.4, -0.2) is 28.5 Å². The molecular weight excluding hydrogens is 352 g/mol. The number of ether oxygens (including phenoxy) is 1. The second kappa shape index (κ2) is 6.31.